The van der Waals surface area contributed by atoms with Crippen LogP contribution in [0, 0.1) is 0 Å². The number of nitrogens with one attached hydrogen (secondary N) is 2. The van der Waals surface area contributed by atoms with Crippen molar-refractivity contribution in [3.8, 4) is 5.75 Å². The maximum absolute atomic E-state index is 12.4. The van der Waals surface area contributed by atoms with Crippen molar-refractivity contribution in [1.29, 1.82) is 0 Å². The highest BCUT2D eigenvalue weighted by molar-refractivity contribution is 5.92. The second-order valence-electron chi connectivity index (χ2n) is 6.46. The predicted molar refractivity (Wildman–Crippen MR) is 108 cm³/mol. The summed E-state index contributed by atoms with van der Waals surface area (Å²) >= 11 is 0. The quantitative estimate of drug-likeness (QED) is 0.464. The Bertz CT molecular complexity index is 811. The van der Waals surface area contributed by atoms with Gasteiger partial charge in [-0.3, -0.25) is 15.3 Å². The minimum Gasteiger partial charge on any atom is -0.497 e. The van der Waals surface area contributed by atoms with Crippen LogP contribution in [0.2, 0.25) is 0 Å². The molecule has 1 heterocycles. The third kappa shape index (κ3) is 5.69. The zero-order chi connectivity index (χ0) is 20.5. The number of hydrogen-bond acceptors (Lipinski definition) is 7. The smallest absolute Gasteiger partial charge is 0.408 e. The first kappa shape index (κ1) is 20.6. The molecule has 2 aromatic rings. The Morgan fingerprint density at radius 3 is 2.62 bits per heavy atom. The molecule has 8 heteroatoms. The van der Waals surface area contributed by atoms with Gasteiger partial charge in [0.25, 0.3) is 0 Å². The van der Waals surface area contributed by atoms with Crippen LogP contribution in [0.4, 0.5) is 4.79 Å². The first-order chi connectivity index (χ1) is 14.2. The number of aliphatic hydroxyl groups is 1. The number of carbonyl (C=O) groups is 1. The number of hydrogen-bond donors (Lipinski definition) is 3. The Labute approximate surface area is 169 Å². The summed E-state index contributed by atoms with van der Waals surface area (Å²) in [4.78, 5) is 22.1. The van der Waals surface area contributed by atoms with Crippen LogP contribution in [0.3, 0.4) is 0 Å². The standard InChI is InChI=1S/C21H25N3O5/c1-27-17-9-7-16(8-10-17)18-13-22-20(24-29-12-11-25)19(18)23-21(26)28-14-15-5-3-2-4-6-15/h2-10,18-19,25H,11-14H2,1H3,(H,22,24)(H,23,26). The van der Waals surface area contributed by atoms with E-state index in [1.54, 1.807) is 7.11 Å². The monoisotopic (exact) mass is 399 g/mol. The molecule has 8 nitrogen and oxygen atoms in total. The van der Waals surface area contributed by atoms with Crippen molar-refractivity contribution in [3.63, 3.8) is 0 Å². The average Bonchev–Trinajstić information content (AvgIpc) is 3.15. The van der Waals surface area contributed by atoms with E-state index in [1.165, 1.54) is 0 Å². The summed E-state index contributed by atoms with van der Waals surface area (Å²) < 4.78 is 10.6. The second-order valence-corrected chi connectivity index (χ2v) is 6.46. The van der Waals surface area contributed by atoms with E-state index in [9.17, 15) is 4.79 Å². The van der Waals surface area contributed by atoms with Gasteiger partial charge in [0.15, 0.2) is 0 Å². The molecule has 3 rings (SSSR count). The van der Waals surface area contributed by atoms with Gasteiger partial charge in [-0.1, -0.05) is 42.5 Å². The van der Waals surface area contributed by atoms with Crippen molar-refractivity contribution >= 4 is 11.9 Å². The van der Waals surface area contributed by atoms with Gasteiger partial charge in [0.1, 0.15) is 24.2 Å². The predicted octanol–water partition coefficient (Wildman–Crippen LogP) is 2.00. The zero-order valence-corrected chi connectivity index (χ0v) is 16.2. The fourth-order valence-electron chi connectivity index (χ4n) is 3.07. The molecule has 1 amide bonds. The van der Waals surface area contributed by atoms with E-state index in [0.29, 0.717) is 12.4 Å². The molecule has 3 N–H and O–H groups in total. The van der Waals surface area contributed by atoms with Crippen LogP contribution in [-0.4, -0.2) is 49.9 Å². The van der Waals surface area contributed by atoms with Crippen LogP contribution >= 0.6 is 0 Å². The van der Waals surface area contributed by atoms with Crippen molar-refractivity contribution < 1.29 is 24.2 Å². The van der Waals surface area contributed by atoms with Gasteiger partial charge < -0.3 is 19.9 Å². The van der Waals surface area contributed by atoms with Crippen LogP contribution in [0.15, 0.2) is 59.6 Å². The number of carbonyl (C=O) groups excluding carboxylic acids is 1. The summed E-state index contributed by atoms with van der Waals surface area (Å²) in [5, 5.41) is 11.8. The number of rotatable bonds is 8. The molecule has 0 saturated heterocycles. The minimum absolute atomic E-state index is 0.0922. The van der Waals surface area contributed by atoms with E-state index < -0.39 is 12.1 Å². The highest BCUT2D eigenvalue weighted by Gasteiger charge is 2.35. The van der Waals surface area contributed by atoms with Gasteiger partial charge >= 0.3 is 6.09 Å². The van der Waals surface area contributed by atoms with E-state index in [2.05, 4.69) is 15.8 Å². The molecule has 0 spiro atoms. The SMILES string of the molecule is COc1ccc(C2CN=C(NOCCO)C2NC(=O)OCc2ccccc2)cc1. The summed E-state index contributed by atoms with van der Waals surface area (Å²) in [6.45, 7) is 0.630. The lowest BCUT2D eigenvalue weighted by molar-refractivity contribution is 0.0514. The van der Waals surface area contributed by atoms with Crippen molar-refractivity contribution in [3.05, 3.63) is 65.7 Å². The van der Waals surface area contributed by atoms with Crippen molar-refractivity contribution in [2.75, 3.05) is 26.9 Å². The fraction of sp³-hybridized carbons (Fsp3) is 0.333. The Morgan fingerprint density at radius 1 is 1.17 bits per heavy atom. The van der Waals surface area contributed by atoms with Gasteiger partial charge in [0.05, 0.1) is 26.9 Å². The van der Waals surface area contributed by atoms with Gasteiger partial charge in [0.2, 0.25) is 0 Å². The van der Waals surface area contributed by atoms with E-state index in [4.69, 9.17) is 19.4 Å². The van der Waals surface area contributed by atoms with Gasteiger partial charge in [-0.25, -0.2) is 4.79 Å². The summed E-state index contributed by atoms with van der Waals surface area (Å²) in [5.41, 5.74) is 4.63. The van der Waals surface area contributed by atoms with E-state index >= 15 is 0 Å². The molecule has 0 radical (unpaired) electrons. The number of alkyl carbamates (subject to hydrolysis) is 1. The molecular formula is C21H25N3O5. The first-order valence-electron chi connectivity index (χ1n) is 9.35. The van der Waals surface area contributed by atoms with Crippen LogP contribution in [0.5, 0.6) is 5.75 Å². The number of amidine groups is 1. The first-order valence-corrected chi connectivity index (χ1v) is 9.35. The lowest BCUT2D eigenvalue weighted by atomic mass is 9.93. The highest BCUT2D eigenvalue weighted by Crippen LogP contribution is 2.27. The topological polar surface area (TPSA) is 101 Å². The number of methoxy groups -OCH3 is 1. The molecule has 0 aromatic heterocycles. The van der Waals surface area contributed by atoms with Crippen LogP contribution in [0.1, 0.15) is 17.0 Å². The highest BCUT2D eigenvalue weighted by atomic mass is 16.6. The van der Waals surface area contributed by atoms with Gasteiger partial charge in [-0.2, -0.15) is 0 Å². The summed E-state index contributed by atoms with van der Waals surface area (Å²) in [7, 11) is 1.61. The number of nitrogens with zero attached hydrogens (tertiary/aromatic N) is 1. The molecule has 0 aliphatic carbocycles. The van der Waals surface area contributed by atoms with Crippen LogP contribution in [0.25, 0.3) is 0 Å². The van der Waals surface area contributed by atoms with E-state index in [-0.39, 0.29) is 25.7 Å². The largest absolute Gasteiger partial charge is 0.497 e. The van der Waals surface area contributed by atoms with Crippen molar-refractivity contribution in [1.82, 2.24) is 10.8 Å². The number of hydroxylamine groups is 1. The minimum atomic E-state index is -0.545. The number of aliphatic imine (C=N–C) groups is 1. The Balaban J connectivity index is 1.67. The summed E-state index contributed by atoms with van der Waals surface area (Å²) in [6, 6.07) is 16.6. The van der Waals surface area contributed by atoms with E-state index in [0.717, 1.165) is 16.9 Å². The molecule has 2 aromatic carbocycles. The lowest BCUT2D eigenvalue weighted by Gasteiger charge is -2.23. The molecule has 0 bridgehead atoms. The third-order valence-electron chi connectivity index (χ3n) is 4.56. The maximum Gasteiger partial charge on any atom is 0.408 e. The molecule has 0 fully saturated rings. The van der Waals surface area contributed by atoms with Crippen molar-refractivity contribution in [2.24, 2.45) is 4.99 Å². The molecule has 1 aliphatic heterocycles. The Morgan fingerprint density at radius 2 is 1.93 bits per heavy atom. The third-order valence-corrected chi connectivity index (χ3v) is 4.56. The number of benzene rings is 2. The van der Waals surface area contributed by atoms with Gasteiger partial charge in [0, 0.05) is 5.92 Å². The molecular weight excluding hydrogens is 374 g/mol. The molecule has 2 unspecified atom stereocenters. The molecule has 1 aliphatic rings. The number of aliphatic hydroxyl groups excluding tert-OH is 1. The molecule has 154 valence electrons. The Hall–Kier alpha value is -3.10. The second kappa shape index (κ2) is 10.4. The summed E-state index contributed by atoms with van der Waals surface area (Å²) in [5.74, 6) is 1.14. The van der Waals surface area contributed by atoms with Gasteiger partial charge in [-0.15, -0.1) is 0 Å². The van der Waals surface area contributed by atoms with Gasteiger partial charge in [-0.05, 0) is 23.3 Å². The van der Waals surface area contributed by atoms with E-state index in [1.807, 2.05) is 54.6 Å². The average molecular weight is 399 g/mol. The lowest BCUT2D eigenvalue weighted by Crippen LogP contribution is -2.48. The Kier molecular flexibility index (Phi) is 7.43. The van der Waals surface area contributed by atoms with Crippen LogP contribution < -0.4 is 15.5 Å². The molecule has 2 atom stereocenters. The number of ether oxygens (including phenoxy) is 2. The summed E-state index contributed by atoms with van der Waals surface area (Å²) in [6.07, 6.45) is -0.545. The van der Waals surface area contributed by atoms with Crippen molar-refractivity contribution in [2.45, 2.75) is 18.6 Å². The number of amides is 1. The zero-order valence-electron chi connectivity index (χ0n) is 16.2. The normalized spacial score (nSPS) is 18.1. The molecule has 0 saturated carbocycles. The van der Waals surface area contributed by atoms with Crippen LogP contribution in [-0.2, 0) is 16.2 Å². The fourth-order valence-corrected chi connectivity index (χ4v) is 3.07. The maximum atomic E-state index is 12.4. The molecule has 29 heavy (non-hydrogen) atoms.